The Hall–Kier alpha value is -4.00. The maximum atomic E-state index is 12.9. The summed E-state index contributed by atoms with van der Waals surface area (Å²) >= 11 is 0. The van der Waals surface area contributed by atoms with Crippen molar-refractivity contribution >= 4 is 34.9 Å². The van der Waals surface area contributed by atoms with Crippen LogP contribution in [-0.4, -0.2) is 29.8 Å². The smallest absolute Gasteiger partial charge is 0.237 e. The topological polar surface area (TPSA) is 91.4 Å². The highest BCUT2D eigenvalue weighted by Gasteiger charge is 2.51. The molecular formula is C28H26N4O3. The lowest BCUT2D eigenvalue weighted by Gasteiger charge is -2.27. The molecule has 3 aliphatic rings. The molecule has 2 aromatic carbocycles. The molecule has 1 aliphatic carbocycles. The fourth-order valence-corrected chi connectivity index (χ4v) is 5.81. The molecule has 0 saturated carbocycles. The normalized spacial score (nSPS) is 19.9. The van der Waals surface area contributed by atoms with Crippen LogP contribution >= 0.6 is 0 Å². The monoisotopic (exact) mass is 466 g/mol. The molecule has 0 radical (unpaired) electrons. The summed E-state index contributed by atoms with van der Waals surface area (Å²) in [5.41, 5.74) is 6.52. The maximum absolute atomic E-state index is 12.9. The van der Waals surface area contributed by atoms with Gasteiger partial charge in [0.1, 0.15) is 5.82 Å². The molecule has 0 fully saturated rings. The van der Waals surface area contributed by atoms with Crippen LogP contribution in [0.15, 0.2) is 54.7 Å². The lowest BCUT2D eigenvalue weighted by atomic mass is 9.79. The van der Waals surface area contributed by atoms with E-state index in [-0.39, 0.29) is 17.7 Å². The molecule has 1 unspecified atom stereocenters. The molecule has 3 aromatic rings. The number of hydrogen-bond acceptors (Lipinski definition) is 4. The molecule has 6 rings (SSSR count). The number of hydrogen-bond donors (Lipinski definition) is 2. The predicted octanol–water partition coefficient (Wildman–Crippen LogP) is 3.55. The van der Waals surface area contributed by atoms with Gasteiger partial charge in [0.15, 0.2) is 0 Å². The molecule has 7 nitrogen and oxygen atoms in total. The fraction of sp³-hybridized carbons (Fsp3) is 0.286. The van der Waals surface area contributed by atoms with Gasteiger partial charge in [-0.3, -0.25) is 14.4 Å². The SMILES string of the molecule is CN1C(=O)CCc2c(CCC(=O)Nc3ccc4c(c3)CC3(C4)C(=O)Nc4ncccc43)cccc21. The van der Waals surface area contributed by atoms with Gasteiger partial charge in [-0.2, -0.15) is 0 Å². The number of nitrogens with one attached hydrogen (secondary N) is 2. The van der Waals surface area contributed by atoms with Crippen molar-refractivity contribution in [1.82, 2.24) is 4.98 Å². The lowest BCUT2D eigenvalue weighted by Crippen LogP contribution is -2.35. The van der Waals surface area contributed by atoms with Gasteiger partial charge in [0.2, 0.25) is 17.7 Å². The second kappa shape index (κ2) is 8.05. The summed E-state index contributed by atoms with van der Waals surface area (Å²) in [7, 11) is 1.80. The zero-order valence-electron chi connectivity index (χ0n) is 19.6. The number of carbonyl (C=O) groups excluding carboxylic acids is 3. The van der Waals surface area contributed by atoms with Gasteiger partial charge in [-0.25, -0.2) is 4.98 Å². The van der Waals surface area contributed by atoms with Crippen molar-refractivity contribution in [3.05, 3.63) is 82.5 Å². The van der Waals surface area contributed by atoms with Gasteiger partial charge in [-0.15, -0.1) is 0 Å². The summed E-state index contributed by atoms with van der Waals surface area (Å²) in [6.07, 6.45) is 5.12. The van der Waals surface area contributed by atoms with Crippen LogP contribution in [-0.2, 0) is 45.5 Å². The van der Waals surface area contributed by atoms with E-state index in [1.54, 1.807) is 18.1 Å². The van der Waals surface area contributed by atoms with E-state index in [2.05, 4.69) is 15.6 Å². The van der Waals surface area contributed by atoms with Gasteiger partial charge in [0.05, 0.1) is 5.41 Å². The highest BCUT2D eigenvalue weighted by molar-refractivity contribution is 6.06. The Morgan fingerprint density at radius 2 is 1.94 bits per heavy atom. The minimum atomic E-state index is -0.616. The quantitative estimate of drug-likeness (QED) is 0.615. The molecule has 2 N–H and O–H groups in total. The zero-order chi connectivity index (χ0) is 24.2. The standard InChI is InChI=1S/C28H26N4O3/c1-32-23-6-2-4-17(21(23)10-12-25(32)34)8-11-24(33)30-20-9-7-18-15-28(16-19(18)14-20)22-5-3-13-29-26(22)31-27(28)35/h2-7,9,13-14H,8,10-12,15-16H2,1H3,(H,30,33)(H,29,31,35). The number of rotatable bonds is 4. The molecule has 35 heavy (non-hydrogen) atoms. The third kappa shape index (κ3) is 3.50. The van der Waals surface area contributed by atoms with Crippen LogP contribution in [0, 0.1) is 0 Å². The molecule has 7 heteroatoms. The van der Waals surface area contributed by atoms with Crippen molar-refractivity contribution in [3.63, 3.8) is 0 Å². The van der Waals surface area contributed by atoms with E-state index in [4.69, 9.17) is 0 Å². The third-order valence-electron chi connectivity index (χ3n) is 7.66. The first kappa shape index (κ1) is 21.5. The summed E-state index contributed by atoms with van der Waals surface area (Å²) in [6, 6.07) is 15.7. The number of amides is 3. The summed E-state index contributed by atoms with van der Waals surface area (Å²) < 4.78 is 0. The number of aromatic nitrogens is 1. The minimum Gasteiger partial charge on any atom is -0.326 e. The van der Waals surface area contributed by atoms with Crippen LogP contribution in [0.25, 0.3) is 0 Å². The second-order valence-electron chi connectivity index (χ2n) is 9.69. The fourth-order valence-electron chi connectivity index (χ4n) is 5.81. The van der Waals surface area contributed by atoms with Crippen molar-refractivity contribution in [1.29, 1.82) is 0 Å². The summed E-state index contributed by atoms with van der Waals surface area (Å²) in [5.74, 6) is 0.716. The van der Waals surface area contributed by atoms with Crippen molar-refractivity contribution in [3.8, 4) is 0 Å². The van der Waals surface area contributed by atoms with E-state index in [9.17, 15) is 14.4 Å². The van der Waals surface area contributed by atoms with E-state index in [0.717, 1.165) is 45.6 Å². The summed E-state index contributed by atoms with van der Waals surface area (Å²) in [6.45, 7) is 0. The van der Waals surface area contributed by atoms with Gasteiger partial charge in [-0.1, -0.05) is 24.3 Å². The Morgan fingerprint density at radius 1 is 1.09 bits per heavy atom. The van der Waals surface area contributed by atoms with Crippen LogP contribution in [0.2, 0.25) is 0 Å². The van der Waals surface area contributed by atoms with E-state index >= 15 is 0 Å². The first-order valence-electron chi connectivity index (χ1n) is 12.0. The van der Waals surface area contributed by atoms with Gasteiger partial charge >= 0.3 is 0 Å². The van der Waals surface area contributed by atoms with Crippen molar-refractivity contribution in [2.45, 2.75) is 43.9 Å². The van der Waals surface area contributed by atoms with Crippen LogP contribution in [0.4, 0.5) is 17.2 Å². The van der Waals surface area contributed by atoms with Gasteiger partial charge in [0, 0.05) is 43.0 Å². The summed E-state index contributed by atoms with van der Waals surface area (Å²) in [4.78, 5) is 43.7. The average molecular weight is 467 g/mol. The molecule has 1 spiro atoms. The van der Waals surface area contributed by atoms with Crippen LogP contribution in [0.1, 0.15) is 40.7 Å². The molecular weight excluding hydrogens is 440 g/mol. The second-order valence-corrected chi connectivity index (χ2v) is 9.69. The third-order valence-corrected chi connectivity index (χ3v) is 7.66. The van der Waals surface area contributed by atoms with Crippen molar-refractivity contribution in [2.24, 2.45) is 0 Å². The maximum Gasteiger partial charge on any atom is 0.237 e. The molecule has 176 valence electrons. The minimum absolute atomic E-state index is 0.00785. The highest BCUT2D eigenvalue weighted by Crippen LogP contribution is 2.47. The van der Waals surface area contributed by atoms with Crippen LogP contribution in [0.3, 0.4) is 0 Å². The Labute approximate surface area is 203 Å². The number of benzene rings is 2. The van der Waals surface area contributed by atoms with E-state index in [0.29, 0.717) is 37.9 Å². The van der Waals surface area contributed by atoms with E-state index in [1.165, 1.54) is 0 Å². The number of nitrogens with zero attached hydrogens (tertiary/aromatic N) is 2. The molecule has 3 amide bonds. The summed E-state index contributed by atoms with van der Waals surface area (Å²) in [5, 5.41) is 5.96. The first-order valence-corrected chi connectivity index (χ1v) is 12.0. The Kier molecular flexibility index (Phi) is 4.95. The van der Waals surface area contributed by atoms with Crippen LogP contribution < -0.4 is 15.5 Å². The predicted molar refractivity (Wildman–Crippen MR) is 134 cm³/mol. The number of fused-ring (bicyclic) bond motifs is 4. The molecule has 0 saturated heterocycles. The molecule has 3 heterocycles. The molecule has 2 aliphatic heterocycles. The largest absolute Gasteiger partial charge is 0.326 e. The van der Waals surface area contributed by atoms with Crippen molar-refractivity contribution in [2.75, 3.05) is 22.6 Å². The molecule has 0 bridgehead atoms. The number of pyridine rings is 1. The Bertz CT molecular complexity index is 1400. The Morgan fingerprint density at radius 3 is 2.83 bits per heavy atom. The lowest BCUT2D eigenvalue weighted by molar-refractivity contribution is -0.120. The van der Waals surface area contributed by atoms with E-state index in [1.807, 2.05) is 48.5 Å². The highest BCUT2D eigenvalue weighted by atomic mass is 16.2. The van der Waals surface area contributed by atoms with Crippen LogP contribution in [0.5, 0.6) is 0 Å². The molecule has 1 atom stereocenters. The average Bonchev–Trinajstić information content (AvgIpc) is 3.37. The Balaban J connectivity index is 1.15. The van der Waals surface area contributed by atoms with Gasteiger partial charge < -0.3 is 15.5 Å². The number of aryl methyl sites for hydroxylation is 1. The number of carbonyl (C=O) groups is 3. The van der Waals surface area contributed by atoms with Crippen molar-refractivity contribution < 1.29 is 14.4 Å². The zero-order valence-corrected chi connectivity index (χ0v) is 19.6. The number of anilines is 3. The van der Waals surface area contributed by atoms with Gasteiger partial charge in [-0.05, 0) is 72.2 Å². The molecule has 1 aromatic heterocycles. The van der Waals surface area contributed by atoms with Gasteiger partial charge in [0.25, 0.3) is 0 Å². The van der Waals surface area contributed by atoms with E-state index < -0.39 is 5.41 Å². The first-order chi connectivity index (χ1) is 16.9.